The SMILES string of the molecule is CC(C)(C)OC(=O)N1CCC(C2(C(=O)O)CCC(O)CC2)CC1. The Morgan fingerprint density at radius 1 is 1.09 bits per heavy atom. The standard InChI is InChI=1S/C17H29NO5/c1-16(2,3)23-15(22)18-10-6-12(7-11-18)17(14(20)21)8-4-13(19)5-9-17/h12-13,19H,4-11H2,1-3H3,(H,20,21). The van der Waals surface area contributed by atoms with Gasteiger partial charge in [0.05, 0.1) is 11.5 Å². The van der Waals surface area contributed by atoms with Gasteiger partial charge in [-0.1, -0.05) is 0 Å². The van der Waals surface area contributed by atoms with Crippen LogP contribution in [0.5, 0.6) is 0 Å². The van der Waals surface area contributed by atoms with Crippen molar-refractivity contribution < 1.29 is 24.5 Å². The summed E-state index contributed by atoms with van der Waals surface area (Å²) in [5.74, 6) is -0.689. The number of carbonyl (C=O) groups excluding carboxylic acids is 1. The minimum atomic E-state index is -0.750. The molecule has 0 atom stereocenters. The van der Waals surface area contributed by atoms with Crippen molar-refractivity contribution >= 4 is 12.1 Å². The van der Waals surface area contributed by atoms with Crippen LogP contribution in [0.2, 0.25) is 0 Å². The summed E-state index contributed by atoms with van der Waals surface area (Å²) in [6.45, 7) is 6.59. The Morgan fingerprint density at radius 3 is 2.04 bits per heavy atom. The van der Waals surface area contributed by atoms with Crippen LogP contribution in [0.4, 0.5) is 4.79 Å². The lowest BCUT2D eigenvalue weighted by Gasteiger charge is -2.45. The van der Waals surface area contributed by atoms with Gasteiger partial charge in [0.15, 0.2) is 0 Å². The van der Waals surface area contributed by atoms with E-state index in [0.717, 1.165) is 0 Å². The van der Waals surface area contributed by atoms with E-state index in [1.165, 1.54) is 0 Å². The molecule has 0 unspecified atom stereocenters. The summed E-state index contributed by atoms with van der Waals surface area (Å²) in [6.07, 6.45) is 2.84. The van der Waals surface area contributed by atoms with Gasteiger partial charge in [0, 0.05) is 13.1 Å². The van der Waals surface area contributed by atoms with E-state index in [-0.39, 0.29) is 18.1 Å². The number of carboxylic acids is 1. The fourth-order valence-corrected chi connectivity index (χ4v) is 3.86. The summed E-state index contributed by atoms with van der Waals surface area (Å²) in [4.78, 5) is 25.7. The van der Waals surface area contributed by atoms with Crippen molar-refractivity contribution in [2.24, 2.45) is 11.3 Å². The number of nitrogens with zero attached hydrogens (tertiary/aromatic N) is 1. The number of carboxylic acid groups (broad SMARTS) is 1. The third-order valence-corrected chi connectivity index (χ3v) is 5.20. The fourth-order valence-electron chi connectivity index (χ4n) is 3.86. The molecule has 2 N–H and O–H groups in total. The molecular weight excluding hydrogens is 298 g/mol. The Bertz CT molecular complexity index is 440. The molecule has 2 rings (SSSR count). The van der Waals surface area contributed by atoms with E-state index in [1.807, 2.05) is 20.8 Å². The number of carbonyl (C=O) groups is 2. The third kappa shape index (κ3) is 4.16. The quantitative estimate of drug-likeness (QED) is 0.814. The molecule has 1 saturated carbocycles. The van der Waals surface area contributed by atoms with Crippen LogP contribution in [0.3, 0.4) is 0 Å². The van der Waals surface area contributed by atoms with Gasteiger partial charge in [-0.15, -0.1) is 0 Å². The molecule has 0 aromatic heterocycles. The van der Waals surface area contributed by atoms with Gasteiger partial charge < -0.3 is 19.8 Å². The van der Waals surface area contributed by atoms with Crippen LogP contribution in [0.1, 0.15) is 59.3 Å². The van der Waals surface area contributed by atoms with Gasteiger partial charge >= 0.3 is 12.1 Å². The molecule has 0 aromatic carbocycles. The van der Waals surface area contributed by atoms with Crippen molar-refractivity contribution in [2.45, 2.75) is 71.0 Å². The highest BCUT2D eigenvalue weighted by Crippen LogP contribution is 2.47. The highest BCUT2D eigenvalue weighted by atomic mass is 16.6. The molecule has 1 amide bonds. The number of ether oxygens (including phenoxy) is 1. The molecule has 2 fully saturated rings. The third-order valence-electron chi connectivity index (χ3n) is 5.20. The van der Waals surface area contributed by atoms with Crippen molar-refractivity contribution in [3.8, 4) is 0 Å². The van der Waals surface area contributed by atoms with Gasteiger partial charge in [-0.3, -0.25) is 4.79 Å². The van der Waals surface area contributed by atoms with Crippen molar-refractivity contribution in [3.05, 3.63) is 0 Å². The maximum atomic E-state index is 12.1. The molecule has 0 aromatic rings. The van der Waals surface area contributed by atoms with E-state index in [4.69, 9.17) is 4.74 Å². The van der Waals surface area contributed by atoms with Crippen LogP contribution in [0, 0.1) is 11.3 Å². The number of piperidine rings is 1. The lowest BCUT2D eigenvalue weighted by atomic mass is 9.62. The van der Waals surface area contributed by atoms with Crippen LogP contribution in [0.25, 0.3) is 0 Å². The number of aliphatic hydroxyl groups is 1. The van der Waals surface area contributed by atoms with Crippen molar-refractivity contribution in [3.63, 3.8) is 0 Å². The molecule has 1 heterocycles. The zero-order valence-electron chi connectivity index (χ0n) is 14.4. The largest absolute Gasteiger partial charge is 0.481 e. The second kappa shape index (κ2) is 6.67. The first-order valence-electron chi connectivity index (χ1n) is 8.53. The number of hydrogen-bond donors (Lipinski definition) is 2. The normalized spacial score (nSPS) is 30.1. The summed E-state index contributed by atoms with van der Waals surface area (Å²) in [6, 6.07) is 0. The van der Waals surface area contributed by atoms with E-state index in [0.29, 0.717) is 51.6 Å². The van der Waals surface area contributed by atoms with Crippen molar-refractivity contribution in [1.82, 2.24) is 4.90 Å². The van der Waals surface area contributed by atoms with Gasteiger partial charge in [0.1, 0.15) is 5.60 Å². The van der Waals surface area contributed by atoms with Gasteiger partial charge in [-0.05, 0) is 65.2 Å². The first-order valence-corrected chi connectivity index (χ1v) is 8.53. The summed E-state index contributed by atoms with van der Waals surface area (Å²) < 4.78 is 5.38. The van der Waals surface area contributed by atoms with Crippen LogP contribution >= 0.6 is 0 Å². The van der Waals surface area contributed by atoms with Gasteiger partial charge in [-0.2, -0.15) is 0 Å². The summed E-state index contributed by atoms with van der Waals surface area (Å²) >= 11 is 0. The highest BCUT2D eigenvalue weighted by Gasteiger charge is 2.48. The van der Waals surface area contributed by atoms with Crippen LogP contribution in [-0.4, -0.2) is 52.0 Å². The Labute approximate surface area is 137 Å². The predicted octanol–water partition coefficient (Wildman–Crippen LogP) is 2.64. The lowest BCUT2D eigenvalue weighted by molar-refractivity contribution is -0.158. The van der Waals surface area contributed by atoms with Gasteiger partial charge in [-0.25, -0.2) is 4.79 Å². The Balaban J connectivity index is 1.97. The first-order chi connectivity index (χ1) is 10.6. The van der Waals surface area contributed by atoms with E-state index in [2.05, 4.69) is 0 Å². The number of aliphatic hydroxyl groups excluding tert-OH is 1. The molecule has 23 heavy (non-hydrogen) atoms. The second-order valence-corrected chi connectivity index (χ2v) is 7.93. The zero-order chi connectivity index (χ0) is 17.3. The molecule has 6 heteroatoms. The van der Waals surface area contributed by atoms with Crippen LogP contribution in [-0.2, 0) is 9.53 Å². The fraction of sp³-hybridized carbons (Fsp3) is 0.882. The van der Waals surface area contributed by atoms with Gasteiger partial charge in [0.2, 0.25) is 0 Å². The highest BCUT2D eigenvalue weighted by molar-refractivity contribution is 5.75. The first kappa shape index (κ1) is 18.0. The molecule has 0 bridgehead atoms. The average Bonchev–Trinajstić information content (AvgIpc) is 2.46. The second-order valence-electron chi connectivity index (χ2n) is 7.93. The molecule has 2 aliphatic rings. The summed E-state index contributed by atoms with van der Waals surface area (Å²) in [5, 5.41) is 19.5. The molecule has 132 valence electrons. The zero-order valence-corrected chi connectivity index (χ0v) is 14.4. The molecule has 1 aliphatic carbocycles. The molecule has 6 nitrogen and oxygen atoms in total. The molecule has 1 aliphatic heterocycles. The summed E-state index contributed by atoms with van der Waals surface area (Å²) in [7, 11) is 0. The topological polar surface area (TPSA) is 87.1 Å². The van der Waals surface area contributed by atoms with E-state index < -0.39 is 17.0 Å². The van der Waals surface area contributed by atoms with E-state index >= 15 is 0 Å². The van der Waals surface area contributed by atoms with E-state index in [1.54, 1.807) is 4.90 Å². The predicted molar refractivity (Wildman–Crippen MR) is 85.1 cm³/mol. The molecule has 0 spiro atoms. The minimum Gasteiger partial charge on any atom is -0.481 e. The average molecular weight is 327 g/mol. The monoisotopic (exact) mass is 327 g/mol. The summed E-state index contributed by atoms with van der Waals surface area (Å²) in [5.41, 5.74) is -1.25. The molecule has 0 radical (unpaired) electrons. The van der Waals surface area contributed by atoms with Gasteiger partial charge in [0.25, 0.3) is 0 Å². The molecular formula is C17H29NO5. The molecule has 1 saturated heterocycles. The number of hydrogen-bond acceptors (Lipinski definition) is 4. The Hall–Kier alpha value is -1.30. The minimum absolute atomic E-state index is 0.0613. The number of likely N-dealkylation sites (tertiary alicyclic amines) is 1. The smallest absolute Gasteiger partial charge is 0.410 e. The Morgan fingerprint density at radius 2 is 1.61 bits per heavy atom. The Kier molecular flexibility index (Phi) is 5.23. The van der Waals surface area contributed by atoms with Crippen molar-refractivity contribution in [2.75, 3.05) is 13.1 Å². The number of aliphatic carboxylic acids is 1. The number of rotatable bonds is 2. The van der Waals surface area contributed by atoms with Crippen LogP contribution < -0.4 is 0 Å². The van der Waals surface area contributed by atoms with Crippen molar-refractivity contribution in [1.29, 1.82) is 0 Å². The number of amides is 1. The van der Waals surface area contributed by atoms with E-state index in [9.17, 15) is 19.8 Å². The van der Waals surface area contributed by atoms with Crippen LogP contribution in [0.15, 0.2) is 0 Å². The lowest BCUT2D eigenvalue weighted by Crippen LogP contribution is -2.49. The maximum absolute atomic E-state index is 12.1. The maximum Gasteiger partial charge on any atom is 0.410 e.